The molecule has 14 heteroatoms. The summed E-state index contributed by atoms with van der Waals surface area (Å²) in [4.78, 5) is 71.5. The molecule has 50 heavy (non-hydrogen) atoms. The summed E-state index contributed by atoms with van der Waals surface area (Å²) in [6.07, 6.45) is 3.25. The van der Waals surface area contributed by atoms with Crippen molar-refractivity contribution in [2.75, 3.05) is 54.9 Å². The van der Waals surface area contributed by atoms with Crippen molar-refractivity contribution < 1.29 is 33.5 Å². The van der Waals surface area contributed by atoms with Crippen LogP contribution in [0.4, 0.5) is 17.1 Å². The van der Waals surface area contributed by atoms with Crippen LogP contribution in [0.5, 0.6) is 5.75 Å². The largest absolute Gasteiger partial charge is 0.494 e. The molecule has 0 atom stereocenters. The zero-order valence-electron chi connectivity index (χ0n) is 29.0. The van der Waals surface area contributed by atoms with Crippen LogP contribution in [0.3, 0.4) is 0 Å². The minimum absolute atomic E-state index is 0.00236. The van der Waals surface area contributed by atoms with Gasteiger partial charge < -0.3 is 25.1 Å². The maximum absolute atomic E-state index is 13.4. The van der Waals surface area contributed by atoms with Gasteiger partial charge in [0.25, 0.3) is 11.8 Å². The highest BCUT2D eigenvalue weighted by atomic mass is 35.5. The Kier molecular flexibility index (Phi) is 11.6. The van der Waals surface area contributed by atoms with E-state index in [1.54, 1.807) is 33.8 Å². The van der Waals surface area contributed by atoms with E-state index in [0.29, 0.717) is 28.8 Å². The number of hydroxylamine groups is 2. The van der Waals surface area contributed by atoms with Crippen molar-refractivity contribution in [3.63, 3.8) is 0 Å². The van der Waals surface area contributed by atoms with Crippen LogP contribution in [0.1, 0.15) is 71.8 Å². The minimum Gasteiger partial charge on any atom is -0.494 e. The van der Waals surface area contributed by atoms with E-state index in [0.717, 1.165) is 74.7 Å². The zero-order valence-corrected chi connectivity index (χ0v) is 30.5. The molecule has 0 aromatic heterocycles. The number of anilines is 3. The number of aryl methyl sites for hydroxylation is 1. The van der Waals surface area contributed by atoms with Crippen molar-refractivity contribution in [1.82, 2.24) is 9.96 Å². The maximum atomic E-state index is 13.4. The van der Waals surface area contributed by atoms with Gasteiger partial charge >= 0.3 is 5.97 Å². The van der Waals surface area contributed by atoms with Gasteiger partial charge in [0.1, 0.15) is 5.75 Å². The normalized spacial score (nSPS) is 17.0. The molecule has 270 valence electrons. The van der Waals surface area contributed by atoms with Crippen molar-refractivity contribution in [3.8, 4) is 5.75 Å². The van der Waals surface area contributed by atoms with Crippen molar-refractivity contribution in [3.05, 3.63) is 45.9 Å². The summed E-state index contributed by atoms with van der Waals surface area (Å²) < 4.78 is 5.94. The van der Waals surface area contributed by atoms with Gasteiger partial charge in [0, 0.05) is 62.6 Å². The molecule has 0 unspecified atom stereocenters. The van der Waals surface area contributed by atoms with Crippen LogP contribution in [0.2, 0.25) is 10.0 Å². The first-order valence-electron chi connectivity index (χ1n) is 17.1. The van der Waals surface area contributed by atoms with Gasteiger partial charge in [0.15, 0.2) is 0 Å². The number of carbonyl (C=O) groups excluding carboxylic acids is 5. The van der Waals surface area contributed by atoms with E-state index in [9.17, 15) is 24.0 Å². The minimum atomic E-state index is -1.19. The van der Waals surface area contributed by atoms with Gasteiger partial charge in [-0.2, -0.15) is 0 Å². The molecule has 0 spiro atoms. The van der Waals surface area contributed by atoms with E-state index in [-0.39, 0.29) is 36.1 Å². The number of hydrogen-bond acceptors (Lipinski definition) is 9. The standard InChI is InChI=1S/C36H45Cl2N5O7/c1-35(2,22-36(3,4)34(48)50-43-29(45)13-14-30(43)46)33(47)40-25-10-11-27(32(38)31(25)37)42-18-16-41(17-19-42)15-5-6-20-49-24-9-7-23-8-12-28(44)39-26(23)21-24/h7,9-11,21H,5-6,8,12-20,22H2,1-4H3,(H,39,44)(H,40,47). The molecule has 3 heterocycles. The fourth-order valence-electron chi connectivity index (χ4n) is 6.57. The van der Waals surface area contributed by atoms with Crippen LogP contribution in [0.25, 0.3) is 0 Å². The lowest BCUT2D eigenvalue weighted by molar-refractivity contribution is -0.205. The zero-order chi connectivity index (χ0) is 36.2. The fourth-order valence-corrected chi connectivity index (χ4v) is 7.07. The molecule has 0 radical (unpaired) electrons. The molecule has 12 nitrogen and oxygen atoms in total. The first-order chi connectivity index (χ1) is 23.6. The number of unbranched alkanes of at least 4 members (excludes halogenated alkanes) is 1. The Morgan fingerprint density at radius 2 is 1.56 bits per heavy atom. The van der Waals surface area contributed by atoms with Crippen molar-refractivity contribution in [1.29, 1.82) is 0 Å². The van der Waals surface area contributed by atoms with E-state index in [2.05, 4.69) is 20.4 Å². The number of hydrogen-bond donors (Lipinski definition) is 2. The predicted octanol–water partition coefficient (Wildman–Crippen LogP) is 5.85. The summed E-state index contributed by atoms with van der Waals surface area (Å²) in [5.74, 6) is -1.48. The molecule has 2 aromatic rings. The third-order valence-electron chi connectivity index (χ3n) is 9.37. The van der Waals surface area contributed by atoms with Gasteiger partial charge in [-0.25, -0.2) is 4.79 Å². The van der Waals surface area contributed by atoms with E-state index >= 15 is 0 Å². The predicted molar refractivity (Wildman–Crippen MR) is 191 cm³/mol. The number of halogens is 2. The van der Waals surface area contributed by atoms with Crippen molar-refractivity contribution >= 4 is 69.9 Å². The molecule has 2 fully saturated rings. The lowest BCUT2D eigenvalue weighted by atomic mass is 9.74. The average Bonchev–Trinajstić information content (AvgIpc) is 3.38. The third-order valence-corrected chi connectivity index (χ3v) is 10.2. The van der Waals surface area contributed by atoms with Crippen molar-refractivity contribution in [2.45, 2.75) is 72.6 Å². The van der Waals surface area contributed by atoms with Crippen LogP contribution in [-0.4, -0.2) is 78.9 Å². The van der Waals surface area contributed by atoms with Gasteiger partial charge in [-0.05, 0) is 69.8 Å². The summed E-state index contributed by atoms with van der Waals surface area (Å²) >= 11 is 13.4. The number of nitrogens with zero attached hydrogens (tertiary/aromatic N) is 3. The SMILES string of the molecule is CC(C)(CC(C)(C)C(=O)ON1C(=O)CCC1=O)C(=O)Nc1ccc(N2CCN(CCCCOc3ccc4c(c3)NC(=O)CC4)CC2)c(Cl)c1Cl. The number of carbonyl (C=O) groups is 5. The Balaban J connectivity index is 1.06. The second kappa shape index (κ2) is 15.6. The summed E-state index contributed by atoms with van der Waals surface area (Å²) in [5.41, 5.74) is 0.884. The van der Waals surface area contributed by atoms with Crippen LogP contribution >= 0.6 is 23.2 Å². The van der Waals surface area contributed by atoms with Crippen molar-refractivity contribution in [2.24, 2.45) is 10.8 Å². The van der Waals surface area contributed by atoms with Crippen LogP contribution < -0.4 is 20.3 Å². The van der Waals surface area contributed by atoms with Crippen LogP contribution in [0.15, 0.2) is 30.3 Å². The molecule has 2 aromatic carbocycles. The highest BCUT2D eigenvalue weighted by molar-refractivity contribution is 6.45. The van der Waals surface area contributed by atoms with Crippen LogP contribution in [0, 0.1) is 10.8 Å². The van der Waals surface area contributed by atoms with E-state index in [4.69, 9.17) is 32.8 Å². The number of nitrogens with one attached hydrogen (secondary N) is 2. The van der Waals surface area contributed by atoms with Gasteiger partial charge in [-0.3, -0.25) is 24.1 Å². The fraction of sp³-hybridized carbons (Fsp3) is 0.528. The second-order valence-electron chi connectivity index (χ2n) is 14.4. The number of imide groups is 1. The first kappa shape index (κ1) is 37.4. The van der Waals surface area contributed by atoms with Gasteiger partial charge in [0.05, 0.1) is 33.4 Å². The number of amides is 4. The molecule has 2 saturated heterocycles. The van der Waals surface area contributed by atoms with E-state index in [1.807, 2.05) is 24.3 Å². The monoisotopic (exact) mass is 729 g/mol. The highest BCUT2D eigenvalue weighted by Gasteiger charge is 2.43. The quantitative estimate of drug-likeness (QED) is 0.192. The molecule has 0 aliphatic carbocycles. The number of piperazine rings is 1. The number of fused-ring (bicyclic) bond motifs is 1. The summed E-state index contributed by atoms with van der Waals surface area (Å²) in [6.45, 7) is 11.4. The summed E-state index contributed by atoms with van der Waals surface area (Å²) in [5, 5.41) is 6.85. The number of ether oxygens (including phenoxy) is 1. The summed E-state index contributed by atoms with van der Waals surface area (Å²) in [7, 11) is 0. The Hall–Kier alpha value is -3.87. The lowest BCUT2D eigenvalue weighted by Gasteiger charge is -2.37. The molecule has 2 N–H and O–H groups in total. The highest BCUT2D eigenvalue weighted by Crippen LogP contribution is 2.41. The molecular formula is C36H45Cl2N5O7. The second-order valence-corrected chi connectivity index (χ2v) is 15.1. The Labute approximate surface area is 302 Å². The molecule has 3 aliphatic rings. The summed E-state index contributed by atoms with van der Waals surface area (Å²) in [6, 6.07) is 9.46. The Morgan fingerprint density at radius 3 is 2.26 bits per heavy atom. The first-order valence-corrected chi connectivity index (χ1v) is 17.8. The van der Waals surface area contributed by atoms with E-state index in [1.165, 1.54) is 0 Å². The maximum Gasteiger partial charge on any atom is 0.338 e. The lowest BCUT2D eigenvalue weighted by Crippen LogP contribution is -2.46. The topological polar surface area (TPSA) is 138 Å². The van der Waals surface area contributed by atoms with E-state index < -0.39 is 28.6 Å². The average molecular weight is 731 g/mol. The molecule has 4 amide bonds. The molecule has 0 saturated carbocycles. The molecule has 3 aliphatic heterocycles. The smallest absolute Gasteiger partial charge is 0.338 e. The Bertz CT molecular complexity index is 1640. The number of rotatable bonds is 13. The molecule has 5 rings (SSSR count). The Morgan fingerprint density at radius 1 is 0.860 bits per heavy atom. The van der Waals surface area contributed by atoms with Gasteiger partial charge in [-0.1, -0.05) is 43.1 Å². The van der Waals surface area contributed by atoms with Gasteiger partial charge in [0.2, 0.25) is 11.8 Å². The number of benzene rings is 2. The third kappa shape index (κ3) is 8.88. The van der Waals surface area contributed by atoms with Crippen LogP contribution in [-0.2, 0) is 35.2 Å². The molecule has 0 bridgehead atoms. The van der Waals surface area contributed by atoms with Gasteiger partial charge in [-0.15, -0.1) is 5.06 Å². The molecular weight excluding hydrogens is 685 g/mol.